The molecule has 0 fully saturated rings. The fourth-order valence-electron chi connectivity index (χ4n) is 2.88. The van der Waals surface area contributed by atoms with Crippen LogP contribution in [0.15, 0.2) is 48.7 Å². The summed E-state index contributed by atoms with van der Waals surface area (Å²) in [6, 6.07) is 10.4. The first-order valence-electron chi connectivity index (χ1n) is 9.62. The number of benzene rings is 2. The molecule has 0 saturated carbocycles. The predicted octanol–water partition coefficient (Wildman–Crippen LogP) is 0.794. The largest absolute Gasteiger partial charge is 0.493 e. The molecule has 1 amide bonds. The van der Waals surface area contributed by atoms with Gasteiger partial charge in [-0.2, -0.15) is 0 Å². The second-order valence-electron chi connectivity index (χ2n) is 6.81. The third kappa shape index (κ3) is 5.51. The fourth-order valence-corrected chi connectivity index (χ4v) is 2.88. The third-order valence-electron chi connectivity index (χ3n) is 4.32. The van der Waals surface area contributed by atoms with Gasteiger partial charge >= 0.3 is 5.91 Å². The van der Waals surface area contributed by atoms with Gasteiger partial charge in [-0.3, -0.25) is 5.41 Å². The minimum Gasteiger partial charge on any atom is -0.493 e. The number of aliphatic hydroxyl groups excluding tert-OH is 1. The van der Waals surface area contributed by atoms with E-state index in [9.17, 15) is 9.90 Å². The molecule has 0 aromatic heterocycles. The van der Waals surface area contributed by atoms with E-state index in [-0.39, 0.29) is 12.4 Å². The van der Waals surface area contributed by atoms with Gasteiger partial charge in [0.1, 0.15) is 29.1 Å². The Morgan fingerprint density at radius 3 is 2.83 bits per heavy atom. The van der Waals surface area contributed by atoms with Crippen molar-refractivity contribution >= 4 is 11.7 Å². The SMILES string of the molecule is CN/C=C\C(=[NH2+])NC(=O)c1cc(Oc2ccc3c(c2)CCO3)cc(O[C@@H](C)CO)c1. The molecule has 0 spiro atoms. The highest BCUT2D eigenvalue weighted by Gasteiger charge is 2.18. The summed E-state index contributed by atoms with van der Waals surface area (Å²) >= 11 is 0. The molecule has 1 aliphatic heterocycles. The highest BCUT2D eigenvalue weighted by molar-refractivity contribution is 6.08. The van der Waals surface area contributed by atoms with Crippen molar-refractivity contribution < 1.29 is 29.5 Å². The van der Waals surface area contributed by atoms with E-state index in [4.69, 9.17) is 19.6 Å². The first-order chi connectivity index (χ1) is 14.5. The summed E-state index contributed by atoms with van der Waals surface area (Å²) in [6.45, 7) is 2.22. The highest BCUT2D eigenvalue weighted by Crippen LogP contribution is 2.33. The molecule has 8 nitrogen and oxygen atoms in total. The number of hydrogen-bond donors (Lipinski definition) is 4. The third-order valence-corrected chi connectivity index (χ3v) is 4.32. The van der Waals surface area contributed by atoms with Crippen LogP contribution in [0.5, 0.6) is 23.0 Å². The number of aliphatic hydroxyl groups is 1. The minimum absolute atomic E-state index is 0.160. The Balaban J connectivity index is 1.85. The zero-order valence-corrected chi connectivity index (χ0v) is 17.0. The molecule has 5 N–H and O–H groups in total. The van der Waals surface area contributed by atoms with E-state index in [1.807, 2.05) is 18.2 Å². The van der Waals surface area contributed by atoms with E-state index in [0.29, 0.717) is 29.4 Å². The second-order valence-corrected chi connectivity index (χ2v) is 6.81. The van der Waals surface area contributed by atoms with Crippen LogP contribution in [0.4, 0.5) is 0 Å². The number of carbonyl (C=O) groups is 1. The highest BCUT2D eigenvalue weighted by atomic mass is 16.5. The Kier molecular flexibility index (Phi) is 6.92. The average molecular weight is 412 g/mol. The van der Waals surface area contributed by atoms with Crippen LogP contribution in [-0.2, 0) is 6.42 Å². The standard InChI is InChI=1S/C22H25N3O5/c1-14(13-26)29-18-10-16(22(27)25-21(23)5-7-24-2)11-19(12-18)30-17-3-4-20-15(9-17)6-8-28-20/h3-5,7,9-12,14,24,26H,6,8,13H2,1-2H3,(H2,23,25,27)/p+1/b7-5-/t14-/m0/s1. The molecule has 3 rings (SSSR count). The molecule has 0 unspecified atom stereocenters. The maximum absolute atomic E-state index is 12.6. The van der Waals surface area contributed by atoms with Crippen LogP contribution in [0.2, 0.25) is 0 Å². The van der Waals surface area contributed by atoms with Crippen LogP contribution in [-0.4, -0.2) is 43.2 Å². The van der Waals surface area contributed by atoms with Gasteiger partial charge in [-0.1, -0.05) is 0 Å². The summed E-state index contributed by atoms with van der Waals surface area (Å²) in [5.74, 6) is 2.07. The van der Waals surface area contributed by atoms with E-state index >= 15 is 0 Å². The van der Waals surface area contributed by atoms with Crippen molar-refractivity contribution in [1.29, 1.82) is 0 Å². The Bertz CT molecular complexity index is 958. The van der Waals surface area contributed by atoms with Gasteiger partial charge < -0.3 is 24.6 Å². The number of fused-ring (bicyclic) bond motifs is 1. The summed E-state index contributed by atoms with van der Waals surface area (Å²) < 4.78 is 17.2. The second kappa shape index (κ2) is 9.80. The topological polar surface area (TPSA) is 115 Å². The van der Waals surface area contributed by atoms with Crippen LogP contribution in [0, 0.1) is 0 Å². The van der Waals surface area contributed by atoms with Gasteiger partial charge in [0.05, 0.1) is 18.8 Å². The summed E-state index contributed by atoms with van der Waals surface area (Å²) in [6.07, 6.45) is 3.52. The van der Waals surface area contributed by atoms with Gasteiger partial charge in [0.15, 0.2) is 0 Å². The summed E-state index contributed by atoms with van der Waals surface area (Å²) in [4.78, 5) is 12.6. The number of amidine groups is 1. The zero-order chi connectivity index (χ0) is 21.5. The van der Waals surface area contributed by atoms with E-state index in [2.05, 4.69) is 10.6 Å². The molecule has 158 valence electrons. The van der Waals surface area contributed by atoms with Gasteiger partial charge in [0, 0.05) is 37.4 Å². The number of nitrogens with one attached hydrogen (secondary N) is 2. The Morgan fingerprint density at radius 1 is 1.27 bits per heavy atom. The van der Waals surface area contributed by atoms with Gasteiger partial charge in [0.25, 0.3) is 5.84 Å². The molecule has 0 radical (unpaired) electrons. The van der Waals surface area contributed by atoms with E-state index in [0.717, 1.165) is 17.7 Å². The van der Waals surface area contributed by atoms with Crippen LogP contribution in [0.1, 0.15) is 22.8 Å². The molecule has 2 aromatic carbocycles. The number of amides is 1. The number of rotatable bonds is 8. The first kappa shape index (κ1) is 21.2. The van der Waals surface area contributed by atoms with Crippen molar-refractivity contribution in [2.24, 2.45) is 0 Å². The van der Waals surface area contributed by atoms with Gasteiger partial charge in [-0.15, -0.1) is 0 Å². The number of carbonyl (C=O) groups excluding carboxylic acids is 1. The minimum atomic E-state index is -0.441. The lowest BCUT2D eigenvalue weighted by Gasteiger charge is -2.15. The number of ether oxygens (including phenoxy) is 3. The first-order valence-corrected chi connectivity index (χ1v) is 9.62. The lowest BCUT2D eigenvalue weighted by atomic mass is 10.1. The molecular weight excluding hydrogens is 386 g/mol. The van der Waals surface area contributed by atoms with Crippen molar-refractivity contribution in [3.05, 3.63) is 59.8 Å². The molecule has 1 heterocycles. The van der Waals surface area contributed by atoms with Crippen molar-refractivity contribution in [3.63, 3.8) is 0 Å². The number of hydrogen-bond acceptors (Lipinski definition) is 6. The van der Waals surface area contributed by atoms with Gasteiger partial charge in [-0.25, -0.2) is 10.1 Å². The average Bonchev–Trinajstić information content (AvgIpc) is 3.19. The zero-order valence-electron chi connectivity index (χ0n) is 17.0. The molecule has 8 heteroatoms. The summed E-state index contributed by atoms with van der Waals surface area (Å²) in [5, 5.41) is 20.5. The molecule has 30 heavy (non-hydrogen) atoms. The van der Waals surface area contributed by atoms with E-state index < -0.39 is 12.0 Å². The van der Waals surface area contributed by atoms with Crippen molar-refractivity contribution in [1.82, 2.24) is 10.6 Å². The van der Waals surface area contributed by atoms with Crippen LogP contribution < -0.4 is 30.3 Å². The molecule has 0 aliphatic carbocycles. The lowest BCUT2D eigenvalue weighted by Crippen LogP contribution is -2.49. The molecule has 2 aromatic rings. The van der Waals surface area contributed by atoms with E-state index in [1.54, 1.807) is 38.4 Å². The van der Waals surface area contributed by atoms with Crippen LogP contribution in [0.3, 0.4) is 0 Å². The van der Waals surface area contributed by atoms with Gasteiger partial charge in [0.2, 0.25) is 0 Å². The maximum Gasteiger partial charge on any atom is 0.339 e. The molecular formula is C22H26N3O5+. The fraction of sp³-hybridized carbons (Fsp3) is 0.273. The monoisotopic (exact) mass is 412 g/mol. The normalized spacial score (nSPS) is 13.3. The maximum atomic E-state index is 12.6. The smallest absolute Gasteiger partial charge is 0.339 e. The van der Waals surface area contributed by atoms with Crippen LogP contribution >= 0.6 is 0 Å². The molecule has 1 atom stereocenters. The van der Waals surface area contributed by atoms with Crippen molar-refractivity contribution in [2.45, 2.75) is 19.4 Å². The summed E-state index contributed by atoms with van der Waals surface area (Å²) in [7, 11) is 1.73. The Labute approximate surface area is 175 Å². The van der Waals surface area contributed by atoms with Gasteiger partial charge in [-0.05, 0) is 37.3 Å². The Morgan fingerprint density at radius 2 is 2.07 bits per heavy atom. The molecule has 0 bridgehead atoms. The Hall–Kier alpha value is -3.52. The number of nitrogens with two attached hydrogens (primary N) is 1. The van der Waals surface area contributed by atoms with Crippen LogP contribution in [0.25, 0.3) is 0 Å². The predicted molar refractivity (Wildman–Crippen MR) is 112 cm³/mol. The lowest BCUT2D eigenvalue weighted by molar-refractivity contribution is -0.115. The van der Waals surface area contributed by atoms with E-state index in [1.165, 1.54) is 6.08 Å². The van der Waals surface area contributed by atoms with Crippen molar-refractivity contribution in [3.8, 4) is 23.0 Å². The molecule has 0 saturated heterocycles. The van der Waals surface area contributed by atoms with Crippen molar-refractivity contribution in [2.75, 3.05) is 20.3 Å². The molecule has 1 aliphatic rings. The quantitative estimate of drug-likeness (QED) is 0.377. The summed E-state index contributed by atoms with van der Waals surface area (Å²) in [5.41, 5.74) is 1.38.